The Labute approximate surface area is 145 Å². The monoisotopic (exact) mass is 370 g/mol. The number of hydrogen-bond acceptors (Lipinski definition) is 5. The van der Waals surface area contributed by atoms with Gasteiger partial charge < -0.3 is 13.8 Å². The molecule has 23 heavy (non-hydrogen) atoms. The molecule has 0 spiro atoms. The lowest BCUT2D eigenvalue weighted by Crippen LogP contribution is -2.24. The molecule has 0 aliphatic heterocycles. The number of carbonyl (C=O) groups is 1. The number of esters is 1. The Morgan fingerprint density at radius 3 is 1.96 bits per heavy atom. The molecule has 0 N–H and O–H groups in total. The standard InChI is InChI=1S/C16H32ClO5P/c1-6-7-8-9-10-11-16(20-15(18)12-17)23(19,21-13(2)3)22-14(4)5/h13-14,16H,6-12H2,1-5H3/t16-/m0/s1. The molecule has 0 aliphatic carbocycles. The van der Waals surface area contributed by atoms with Gasteiger partial charge in [-0.1, -0.05) is 32.6 Å². The van der Waals surface area contributed by atoms with Crippen molar-refractivity contribution >= 4 is 25.2 Å². The average Bonchev–Trinajstić information content (AvgIpc) is 2.43. The number of unbranched alkanes of at least 4 members (excludes halogenated alkanes) is 4. The zero-order valence-electron chi connectivity index (χ0n) is 15.0. The van der Waals surface area contributed by atoms with E-state index in [0.29, 0.717) is 6.42 Å². The van der Waals surface area contributed by atoms with Crippen LogP contribution >= 0.6 is 19.2 Å². The summed E-state index contributed by atoms with van der Waals surface area (Å²) < 4.78 is 29.5. The van der Waals surface area contributed by atoms with Gasteiger partial charge in [0.1, 0.15) is 5.88 Å². The Hall–Kier alpha value is -0.0900. The van der Waals surface area contributed by atoms with E-state index in [0.717, 1.165) is 32.1 Å². The summed E-state index contributed by atoms with van der Waals surface area (Å²) in [5.41, 5.74) is 0. The molecule has 0 aromatic rings. The van der Waals surface area contributed by atoms with Crippen molar-refractivity contribution in [2.24, 2.45) is 0 Å². The molecule has 0 radical (unpaired) electrons. The van der Waals surface area contributed by atoms with Crippen LogP contribution in [0.3, 0.4) is 0 Å². The fraction of sp³-hybridized carbons (Fsp3) is 0.938. The molecule has 0 saturated heterocycles. The molecule has 0 aliphatic rings. The second-order valence-corrected chi connectivity index (χ2v) is 8.47. The van der Waals surface area contributed by atoms with Gasteiger partial charge in [-0.15, -0.1) is 11.6 Å². The van der Waals surface area contributed by atoms with Crippen molar-refractivity contribution in [3.8, 4) is 0 Å². The van der Waals surface area contributed by atoms with Gasteiger partial charge in [-0.25, -0.2) is 0 Å². The highest BCUT2D eigenvalue weighted by Gasteiger charge is 2.40. The minimum absolute atomic E-state index is 0.282. The number of ether oxygens (including phenoxy) is 1. The molecule has 138 valence electrons. The first-order valence-corrected chi connectivity index (χ1v) is 10.6. The molecule has 1 atom stereocenters. The molecule has 0 amide bonds. The summed E-state index contributed by atoms with van der Waals surface area (Å²) in [5.74, 6) is -1.79. The van der Waals surface area contributed by atoms with Crippen molar-refractivity contribution in [1.29, 1.82) is 0 Å². The van der Waals surface area contributed by atoms with Gasteiger partial charge in [-0.3, -0.25) is 9.36 Å². The second kappa shape index (κ2) is 12.3. The lowest BCUT2D eigenvalue weighted by Gasteiger charge is -2.29. The van der Waals surface area contributed by atoms with Crippen LogP contribution < -0.4 is 0 Å². The van der Waals surface area contributed by atoms with Gasteiger partial charge in [-0.2, -0.15) is 0 Å². The van der Waals surface area contributed by atoms with Crippen molar-refractivity contribution in [3.05, 3.63) is 0 Å². The Kier molecular flexibility index (Phi) is 12.2. The van der Waals surface area contributed by atoms with Gasteiger partial charge in [0.2, 0.25) is 5.85 Å². The number of hydrogen-bond donors (Lipinski definition) is 0. The van der Waals surface area contributed by atoms with Crippen molar-refractivity contribution in [1.82, 2.24) is 0 Å². The fourth-order valence-electron chi connectivity index (χ4n) is 2.14. The molecule has 0 heterocycles. The highest BCUT2D eigenvalue weighted by atomic mass is 35.5. The molecular formula is C16H32ClO5P. The maximum atomic E-state index is 13.1. The summed E-state index contributed by atoms with van der Waals surface area (Å²) >= 11 is 5.51. The molecular weight excluding hydrogens is 339 g/mol. The number of alkyl halides is 1. The first-order chi connectivity index (χ1) is 10.7. The zero-order chi connectivity index (χ0) is 17.9. The molecule has 0 bridgehead atoms. The summed E-state index contributed by atoms with van der Waals surface area (Å²) in [6.07, 6.45) is 5.06. The minimum Gasteiger partial charge on any atom is -0.448 e. The van der Waals surface area contributed by atoms with Crippen molar-refractivity contribution < 1.29 is 23.1 Å². The van der Waals surface area contributed by atoms with Crippen molar-refractivity contribution in [3.63, 3.8) is 0 Å². The normalized spacial score (nSPS) is 13.6. The molecule has 5 nitrogen and oxygen atoms in total. The van der Waals surface area contributed by atoms with Gasteiger partial charge in [0.25, 0.3) is 0 Å². The zero-order valence-corrected chi connectivity index (χ0v) is 16.7. The van der Waals surface area contributed by atoms with E-state index in [1.54, 1.807) is 27.7 Å². The van der Waals surface area contributed by atoms with E-state index in [9.17, 15) is 9.36 Å². The Morgan fingerprint density at radius 2 is 1.52 bits per heavy atom. The van der Waals surface area contributed by atoms with Gasteiger partial charge in [0.05, 0.1) is 12.2 Å². The van der Waals surface area contributed by atoms with Crippen LogP contribution in [0.1, 0.15) is 73.1 Å². The van der Waals surface area contributed by atoms with Crippen LogP contribution in [0, 0.1) is 0 Å². The topological polar surface area (TPSA) is 61.8 Å². The third-order valence-corrected chi connectivity index (χ3v) is 5.72. The van der Waals surface area contributed by atoms with Gasteiger partial charge in [-0.05, 0) is 40.5 Å². The van der Waals surface area contributed by atoms with Crippen LogP contribution in [0.15, 0.2) is 0 Å². The maximum Gasteiger partial charge on any atom is 0.371 e. The van der Waals surface area contributed by atoms with E-state index in [1.807, 2.05) is 0 Å². The quantitative estimate of drug-likeness (QED) is 0.185. The summed E-state index contributed by atoms with van der Waals surface area (Å²) in [7, 11) is -3.57. The Balaban J connectivity index is 4.98. The predicted octanol–water partition coefficient (Wildman–Crippen LogP) is 5.50. The largest absolute Gasteiger partial charge is 0.448 e. The molecule has 0 fully saturated rings. The van der Waals surface area contributed by atoms with Crippen LogP contribution in [-0.4, -0.2) is 29.9 Å². The second-order valence-electron chi connectivity index (χ2n) is 6.13. The summed E-state index contributed by atoms with van der Waals surface area (Å²) in [5, 5.41) is 0. The maximum absolute atomic E-state index is 13.1. The molecule has 0 aromatic heterocycles. The number of rotatable bonds is 13. The van der Waals surface area contributed by atoms with Crippen LogP contribution in [0.2, 0.25) is 0 Å². The third kappa shape index (κ3) is 10.4. The molecule has 0 saturated carbocycles. The van der Waals surface area contributed by atoms with E-state index < -0.39 is 19.4 Å². The van der Waals surface area contributed by atoms with Crippen LogP contribution in [0.5, 0.6) is 0 Å². The van der Waals surface area contributed by atoms with E-state index in [-0.39, 0.29) is 18.1 Å². The lowest BCUT2D eigenvalue weighted by molar-refractivity contribution is -0.143. The molecule has 0 unspecified atom stereocenters. The number of halogens is 1. The Bertz CT molecular complexity index is 359. The van der Waals surface area contributed by atoms with Gasteiger partial charge in [0.15, 0.2) is 0 Å². The average molecular weight is 371 g/mol. The molecule has 0 rings (SSSR count). The smallest absolute Gasteiger partial charge is 0.371 e. The van der Waals surface area contributed by atoms with Crippen LogP contribution in [0.25, 0.3) is 0 Å². The first-order valence-electron chi connectivity index (χ1n) is 8.47. The van der Waals surface area contributed by atoms with E-state index in [2.05, 4.69) is 6.92 Å². The SMILES string of the molecule is CCCCCCC[C@@H](OC(=O)CCl)P(=O)(OC(C)C)OC(C)C. The van der Waals surface area contributed by atoms with E-state index in [1.165, 1.54) is 0 Å². The van der Waals surface area contributed by atoms with Crippen molar-refractivity contribution in [2.45, 2.75) is 91.2 Å². The van der Waals surface area contributed by atoms with E-state index >= 15 is 0 Å². The third-order valence-electron chi connectivity index (χ3n) is 3.00. The van der Waals surface area contributed by atoms with E-state index in [4.69, 9.17) is 25.4 Å². The first kappa shape index (κ1) is 22.9. The minimum atomic E-state index is -3.57. The summed E-state index contributed by atoms with van der Waals surface area (Å²) in [6.45, 7) is 9.25. The van der Waals surface area contributed by atoms with Gasteiger partial charge >= 0.3 is 13.6 Å². The summed E-state index contributed by atoms with van der Waals surface area (Å²) in [4.78, 5) is 11.6. The predicted molar refractivity (Wildman–Crippen MR) is 94.0 cm³/mol. The molecule has 7 heteroatoms. The highest BCUT2D eigenvalue weighted by molar-refractivity contribution is 7.54. The Morgan fingerprint density at radius 1 is 1.00 bits per heavy atom. The fourth-order valence-corrected chi connectivity index (χ4v) is 4.44. The van der Waals surface area contributed by atoms with Crippen molar-refractivity contribution in [2.75, 3.05) is 5.88 Å². The van der Waals surface area contributed by atoms with Gasteiger partial charge in [0, 0.05) is 0 Å². The highest BCUT2D eigenvalue weighted by Crippen LogP contribution is 2.57. The summed E-state index contributed by atoms with van der Waals surface area (Å²) in [6, 6.07) is 0. The lowest BCUT2D eigenvalue weighted by atomic mass is 10.1. The van der Waals surface area contributed by atoms with Crippen LogP contribution in [-0.2, 0) is 23.1 Å². The number of carbonyl (C=O) groups excluding carboxylic acids is 1. The van der Waals surface area contributed by atoms with Crippen LogP contribution in [0.4, 0.5) is 0 Å². The molecule has 0 aromatic carbocycles.